The Morgan fingerprint density at radius 3 is 2.96 bits per heavy atom. The van der Waals surface area contributed by atoms with Gasteiger partial charge in [0.25, 0.3) is 5.91 Å². The van der Waals surface area contributed by atoms with Crippen LogP contribution >= 0.6 is 11.6 Å². The number of nitrogens with one attached hydrogen (secondary N) is 1. The van der Waals surface area contributed by atoms with Gasteiger partial charge in [-0.25, -0.2) is 9.18 Å². The van der Waals surface area contributed by atoms with Crippen LogP contribution in [-0.2, 0) is 14.3 Å². The molecule has 0 spiro atoms. The molecule has 8 heteroatoms. The van der Waals surface area contributed by atoms with E-state index in [4.69, 9.17) is 16.3 Å². The van der Waals surface area contributed by atoms with Gasteiger partial charge in [0.15, 0.2) is 0 Å². The summed E-state index contributed by atoms with van der Waals surface area (Å²) < 4.78 is 20.0. The Kier molecular flexibility index (Phi) is 6.74. The summed E-state index contributed by atoms with van der Waals surface area (Å²) in [5, 5.41) is 2.39. The number of esters is 1. The quantitative estimate of drug-likeness (QED) is 0.445. The average molecular weight is 383 g/mol. The first-order valence-corrected chi connectivity index (χ1v) is 8.47. The van der Waals surface area contributed by atoms with Gasteiger partial charge >= 0.3 is 5.97 Å². The van der Waals surface area contributed by atoms with Crippen molar-refractivity contribution in [2.24, 2.45) is 0 Å². The number of amides is 2. The van der Waals surface area contributed by atoms with Crippen LogP contribution in [-0.4, -0.2) is 48.6 Å². The predicted octanol–water partition coefficient (Wildman–Crippen LogP) is 2.48. The van der Waals surface area contributed by atoms with Crippen molar-refractivity contribution in [1.29, 1.82) is 0 Å². The minimum Gasteiger partial charge on any atom is -0.459 e. The molecule has 0 heterocycles. The molecule has 2 atom stereocenters. The maximum Gasteiger partial charge on any atom is 0.338 e. The van der Waals surface area contributed by atoms with E-state index in [2.05, 4.69) is 0 Å². The van der Waals surface area contributed by atoms with Crippen molar-refractivity contribution in [2.75, 3.05) is 13.7 Å². The Morgan fingerprint density at radius 1 is 1.50 bits per heavy atom. The van der Waals surface area contributed by atoms with Crippen LogP contribution in [0.1, 0.15) is 29.6 Å². The normalized spacial score (nSPS) is 22.2. The van der Waals surface area contributed by atoms with Crippen molar-refractivity contribution in [3.05, 3.63) is 47.1 Å². The van der Waals surface area contributed by atoms with Gasteiger partial charge in [-0.2, -0.15) is 0 Å². The lowest BCUT2D eigenvalue weighted by atomic mass is 10.1. The molecule has 0 aromatic heterocycles. The molecule has 2 unspecified atom stereocenters. The number of hydrogen-bond acceptors (Lipinski definition) is 5. The predicted molar refractivity (Wildman–Crippen MR) is 94.3 cm³/mol. The van der Waals surface area contributed by atoms with Crippen LogP contribution < -0.4 is 5.32 Å². The largest absolute Gasteiger partial charge is 0.459 e. The number of alkyl halides is 1. The summed E-state index contributed by atoms with van der Waals surface area (Å²) in [4.78, 5) is 35.1. The summed E-state index contributed by atoms with van der Waals surface area (Å²) in [6.45, 7) is -0.335. The molecular formula is C18H20ClFN2O4. The number of ether oxygens (including phenoxy) is 1. The molecule has 0 aliphatic heterocycles. The van der Waals surface area contributed by atoms with Crippen LogP contribution in [0.3, 0.4) is 0 Å². The highest BCUT2D eigenvalue weighted by Crippen LogP contribution is 2.36. The Hall–Kier alpha value is -2.41. The number of imide groups is 1. The van der Waals surface area contributed by atoms with Gasteiger partial charge in [0.1, 0.15) is 12.3 Å². The number of carbonyl (C=O) groups excluding carboxylic acids is 3. The Balaban J connectivity index is 1.86. The highest BCUT2D eigenvalue weighted by atomic mass is 35.5. The molecule has 1 aromatic carbocycles. The van der Waals surface area contributed by atoms with Crippen LogP contribution in [0.15, 0.2) is 36.5 Å². The van der Waals surface area contributed by atoms with Gasteiger partial charge in [-0.3, -0.25) is 14.9 Å². The SMILES string of the molecule is CN(/C=C\C(=O)NC=O)C1CCC(F)(COC(=O)c2cccc(Cl)c2)C1. The monoisotopic (exact) mass is 382 g/mol. The Labute approximate surface area is 155 Å². The third-order valence-electron chi connectivity index (χ3n) is 4.29. The molecule has 1 aliphatic carbocycles. The zero-order chi connectivity index (χ0) is 19.2. The van der Waals surface area contributed by atoms with Crippen molar-refractivity contribution in [1.82, 2.24) is 10.2 Å². The van der Waals surface area contributed by atoms with E-state index in [0.29, 0.717) is 17.9 Å². The van der Waals surface area contributed by atoms with Crippen LogP contribution in [0.5, 0.6) is 0 Å². The van der Waals surface area contributed by atoms with Crippen molar-refractivity contribution < 1.29 is 23.5 Å². The fourth-order valence-electron chi connectivity index (χ4n) is 2.84. The lowest BCUT2D eigenvalue weighted by Gasteiger charge is -2.24. The average Bonchev–Trinajstić information content (AvgIpc) is 3.01. The van der Waals surface area contributed by atoms with Crippen molar-refractivity contribution in [3.8, 4) is 0 Å². The van der Waals surface area contributed by atoms with E-state index in [-0.39, 0.29) is 31.1 Å². The summed E-state index contributed by atoms with van der Waals surface area (Å²) in [7, 11) is 1.72. The van der Waals surface area contributed by atoms with Gasteiger partial charge in [0, 0.05) is 36.8 Å². The van der Waals surface area contributed by atoms with Gasteiger partial charge in [-0.15, -0.1) is 0 Å². The molecule has 0 bridgehead atoms. The number of carbonyl (C=O) groups is 3. The first-order chi connectivity index (χ1) is 12.3. The molecule has 26 heavy (non-hydrogen) atoms. The third kappa shape index (κ3) is 5.56. The Bertz CT molecular complexity index is 712. The Morgan fingerprint density at radius 2 is 2.27 bits per heavy atom. The fourth-order valence-corrected chi connectivity index (χ4v) is 3.03. The number of hydrogen-bond donors (Lipinski definition) is 1. The number of rotatable bonds is 7. The maximum atomic E-state index is 14.9. The van der Waals surface area contributed by atoms with Crippen LogP contribution in [0.25, 0.3) is 0 Å². The standard InChI is InChI=1S/C18H20ClFN2O4/c1-22(8-6-16(24)21-12-23)15-5-7-18(20,10-15)11-26-17(25)13-3-2-4-14(19)9-13/h2-4,6,8-9,12,15H,5,7,10-11H2,1H3,(H,21,23,24)/b8-6-. The summed E-state index contributed by atoms with van der Waals surface area (Å²) in [6, 6.07) is 6.15. The van der Waals surface area contributed by atoms with Crippen molar-refractivity contribution in [2.45, 2.75) is 31.0 Å². The van der Waals surface area contributed by atoms with Crippen LogP contribution in [0.2, 0.25) is 5.02 Å². The van der Waals surface area contributed by atoms with Crippen LogP contribution in [0.4, 0.5) is 4.39 Å². The molecule has 140 valence electrons. The third-order valence-corrected chi connectivity index (χ3v) is 4.52. The lowest BCUT2D eigenvalue weighted by Crippen LogP contribution is -2.32. The molecule has 1 saturated carbocycles. The summed E-state index contributed by atoms with van der Waals surface area (Å²) in [5.41, 5.74) is -1.34. The number of benzene rings is 1. The van der Waals surface area contributed by atoms with E-state index in [0.717, 1.165) is 0 Å². The molecule has 2 amide bonds. The zero-order valence-electron chi connectivity index (χ0n) is 14.3. The van der Waals surface area contributed by atoms with E-state index in [1.165, 1.54) is 18.3 Å². The number of halogens is 2. The molecule has 0 saturated heterocycles. The smallest absolute Gasteiger partial charge is 0.338 e. The second-order valence-electron chi connectivity index (χ2n) is 6.24. The summed E-state index contributed by atoms with van der Waals surface area (Å²) in [6.07, 6.45) is 3.97. The van der Waals surface area contributed by atoms with Gasteiger partial charge in [-0.05, 0) is 31.0 Å². The molecule has 1 aliphatic rings. The summed E-state index contributed by atoms with van der Waals surface area (Å²) >= 11 is 5.83. The molecule has 1 aromatic rings. The molecule has 2 rings (SSSR count). The van der Waals surface area contributed by atoms with E-state index in [9.17, 15) is 18.8 Å². The molecule has 1 N–H and O–H groups in total. The summed E-state index contributed by atoms with van der Waals surface area (Å²) in [5.74, 6) is -1.17. The highest BCUT2D eigenvalue weighted by molar-refractivity contribution is 6.30. The van der Waals surface area contributed by atoms with E-state index >= 15 is 0 Å². The molecule has 1 fully saturated rings. The maximum absolute atomic E-state index is 14.9. The van der Waals surface area contributed by atoms with Gasteiger partial charge in [0.2, 0.25) is 6.41 Å². The lowest BCUT2D eigenvalue weighted by molar-refractivity contribution is -0.121. The zero-order valence-corrected chi connectivity index (χ0v) is 15.0. The van der Waals surface area contributed by atoms with E-state index in [1.54, 1.807) is 30.1 Å². The van der Waals surface area contributed by atoms with Gasteiger partial charge in [0.05, 0.1) is 5.56 Å². The van der Waals surface area contributed by atoms with Crippen molar-refractivity contribution >= 4 is 29.9 Å². The van der Waals surface area contributed by atoms with E-state index < -0.39 is 17.5 Å². The number of nitrogens with zero attached hydrogens (tertiary/aromatic N) is 1. The van der Waals surface area contributed by atoms with Crippen molar-refractivity contribution in [3.63, 3.8) is 0 Å². The van der Waals surface area contributed by atoms with E-state index in [1.807, 2.05) is 5.32 Å². The molecule has 6 nitrogen and oxygen atoms in total. The topological polar surface area (TPSA) is 75.7 Å². The van der Waals surface area contributed by atoms with Crippen LogP contribution in [0, 0.1) is 0 Å². The van der Waals surface area contributed by atoms with Gasteiger partial charge in [-0.1, -0.05) is 17.7 Å². The fraction of sp³-hybridized carbons (Fsp3) is 0.389. The minimum absolute atomic E-state index is 0.134. The highest BCUT2D eigenvalue weighted by Gasteiger charge is 2.41. The first-order valence-electron chi connectivity index (χ1n) is 8.09. The second-order valence-corrected chi connectivity index (χ2v) is 6.68. The molecular weight excluding hydrogens is 363 g/mol. The minimum atomic E-state index is -1.62. The first kappa shape index (κ1) is 19.9. The molecule has 0 radical (unpaired) electrons. The second kappa shape index (κ2) is 8.80. The van der Waals surface area contributed by atoms with Gasteiger partial charge < -0.3 is 9.64 Å².